The Labute approximate surface area is 144 Å². The summed E-state index contributed by atoms with van der Waals surface area (Å²) in [7, 11) is 0. The van der Waals surface area contributed by atoms with Crippen LogP contribution < -0.4 is 5.32 Å². The van der Waals surface area contributed by atoms with E-state index in [0.29, 0.717) is 12.1 Å². The number of pyridine rings is 2. The highest BCUT2D eigenvalue weighted by Gasteiger charge is 2.09. The smallest absolute Gasteiger partial charge is 0.253 e. The Morgan fingerprint density at radius 2 is 2.04 bits per heavy atom. The predicted molar refractivity (Wildman–Crippen MR) is 94.9 cm³/mol. The highest BCUT2D eigenvalue weighted by atomic mass is 16.3. The fourth-order valence-corrected chi connectivity index (χ4v) is 2.63. The van der Waals surface area contributed by atoms with Crippen molar-refractivity contribution in [2.24, 2.45) is 0 Å². The van der Waals surface area contributed by atoms with Crippen molar-refractivity contribution in [3.8, 4) is 11.3 Å². The normalized spacial score (nSPS) is 10.7. The summed E-state index contributed by atoms with van der Waals surface area (Å²) < 4.78 is 5.39. The lowest BCUT2D eigenvalue weighted by Crippen LogP contribution is -2.22. The number of nitrogens with one attached hydrogen (secondary N) is 1. The van der Waals surface area contributed by atoms with E-state index < -0.39 is 0 Å². The summed E-state index contributed by atoms with van der Waals surface area (Å²) in [4.78, 5) is 20.9. The van der Waals surface area contributed by atoms with E-state index in [1.807, 2.05) is 42.5 Å². The van der Waals surface area contributed by atoms with Crippen molar-refractivity contribution in [3.63, 3.8) is 0 Å². The van der Waals surface area contributed by atoms with Gasteiger partial charge in [-0.2, -0.15) is 0 Å². The number of nitrogens with zero attached hydrogens (tertiary/aromatic N) is 2. The van der Waals surface area contributed by atoms with E-state index >= 15 is 0 Å². The van der Waals surface area contributed by atoms with E-state index in [-0.39, 0.29) is 5.91 Å². The number of aromatic nitrogens is 2. The van der Waals surface area contributed by atoms with Crippen LogP contribution in [-0.2, 0) is 6.54 Å². The third kappa shape index (κ3) is 3.26. The summed E-state index contributed by atoms with van der Waals surface area (Å²) in [5, 5.41) is 3.95. The average molecular weight is 329 g/mol. The molecule has 25 heavy (non-hydrogen) atoms. The Balaban J connectivity index is 1.49. The molecule has 0 aliphatic carbocycles. The van der Waals surface area contributed by atoms with Gasteiger partial charge in [0.15, 0.2) is 0 Å². The minimum Gasteiger partial charge on any atom is -0.464 e. The minimum absolute atomic E-state index is 0.176. The number of furan rings is 1. The molecule has 0 spiro atoms. The van der Waals surface area contributed by atoms with Gasteiger partial charge in [-0.15, -0.1) is 0 Å². The number of fused-ring (bicyclic) bond motifs is 1. The monoisotopic (exact) mass is 329 g/mol. The van der Waals surface area contributed by atoms with E-state index in [1.165, 1.54) is 0 Å². The van der Waals surface area contributed by atoms with Gasteiger partial charge in [-0.1, -0.05) is 18.2 Å². The molecule has 0 aliphatic rings. The van der Waals surface area contributed by atoms with Gasteiger partial charge < -0.3 is 9.73 Å². The third-order valence-corrected chi connectivity index (χ3v) is 3.93. The lowest BCUT2D eigenvalue weighted by Gasteiger charge is -2.07. The molecule has 3 heterocycles. The summed E-state index contributed by atoms with van der Waals surface area (Å²) in [6, 6.07) is 15.2. The maximum absolute atomic E-state index is 12.4. The lowest BCUT2D eigenvalue weighted by molar-refractivity contribution is 0.0950. The summed E-state index contributed by atoms with van der Waals surface area (Å²) in [6.07, 6.45) is 6.62. The quantitative estimate of drug-likeness (QED) is 0.618. The number of rotatable bonds is 4. The van der Waals surface area contributed by atoms with Gasteiger partial charge in [0, 0.05) is 36.1 Å². The van der Waals surface area contributed by atoms with Crippen molar-refractivity contribution in [1.82, 2.24) is 15.3 Å². The number of carbonyl (C=O) groups is 1. The Morgan fingerprint density at radius 3 is 2.92 bits per heavy atom. The Hall–Kier alpha value is -3.47. The van der Waals surface area contributed by atoms with Crippen LogP contribution in [0.2, 0.25) is 0 Å². The first kappa shape index (κ1) is 15.1. The molecule has 0 atom stereocenters. The maximum Gasteiger partial charge on any atom is 0.253 e. The molecule has 3 aromatic heterocycles. The molecule has 5 heteroatoms. The molecule has 0 saturated heterocycles. The van der Waals surface area contributed by atoms with Crippen LogP contribution in [0.5, 0.6) is 0 Å². The minimum atomic E-state index is -0.176. The zero-order chi connectivity index (χ0) is 17.1. The molecular weight excluding hydrogens is 314 g/mol. The highest BCUT2D eigenvalue weighted by molar-refractivity contribution is 5.95. The fourth-order valence-electron chi connectivity index (χ4n) is 2.63. The number of amides is 1. The molecule has 0 fully saturated rings. The number of hydrogen-bond acceptors (Lipinski definition) is 4. The summed E-state index contributed by atoms with van der Waals surface area (Å²) >= 11 is 0. The van der Waals surface area contributed by atoms with E-state index in [0.717, 1.165) is 27.8 Å². The van der Waals surface area contributed by atoms with Crippen LogP contribution in [0.3, 0.4) is 0 Å². The fraction of sp³-hybridized carbons (Fsp3) is 0.0500. The zero-order valence-electron chi connectivity index (χ0n) is 13.3. The number of carbonyl (C=O) groups excluding carboxylic acids is 1. The van der Waals surface area contributed by atoms with Gasteiger partial charge in [0.05, 0.1) is 17.5 Å². The second kappa shape index (κ2) is 6.57. The van der Waals surface area contributed by atoms with Crippen molar-refractivity contribution >= 4 is 16.9 Å². The first-order valence-corrected chi connectivity index (χ1v) is 7.90. The van der Waals surface area contributed by atoms with E-state index in [4.69, 9.17) is 4.42 Å². The Morgan fingerprint density at radius 1 is 1.08 bits per heavy atom. The topological polar surface area (TPSA) is 68.0 Å². The second-order valence-electron chi connectivity index (χ2n) is 5.65. The van der Waals surface area contributed by atoms with Crippen LogP contribution in [0.1, 0.15) is 15.9 Å². The molecule has 0 aliphatic heterocycles. The van der Waals surface area contributed by atoms with Crippen LogP contribution in [0.25, 0.3) is 22.2 Å². The van der Waals surface area contributed by atoms with Gasteiger partial charge in [0.25, 0.3) is 5.91 Å². The Kier molecular flexibility index (Phi) is 3.96. The van der Waals surface area contributed by atoms with Crippen molar-refractivity contribution in [2.75, 3.05) is 0 Å². The van der Waals surface area contributed by atoms with Crippen molar-refractivity contribution < 1.29 is 9.21 Å². The SMILES string of the molecule is O=C(NCc1ccc2ccoc2c1)c1cncc(-c2ccccn2)c1. The molecule has 4 aromatic rings. The molecule has 1 N–H and O–H groups in total. The van der Waals surface area contributed by atoms with Gasteiger partial charge in [0.2, 0.25) is 0 Å². The van der Waals surface area contributed by atoms with Gasteiger partial charge >= 0.3 is 0 Å². The van der Waals surface area contributed by atoms with Crippen LogP contribution in [0.4, 0.5) is 0 Å². The molecule has 1 amide bonds. The molecule has 0 bridgehead atoms. The first-order valence-electron chi connectivity index (χ1n) is 7.90. The Bertz CT molecular complexity index is 1030. The molecular formula is C20H15N3O2. The van der Waals surface area contributed by atoms with Crippen molar-refractivity contribution in [1.29, 1.82) is 0 Å². The first-order chi connectivity index (χ1) is 12.3. The van der Waals surface area contributed by atoms with E-state index in [2.05, 4.69) is 15.3 Å². The van der Waals surface area contributed by atoms with Gasteiger partial charge in [-0.05, 0) is 35.9 Å². The second-order valence-corrected chi connectivity index (χ2v) is 5.65. The molecule has 0 unspecified atom stereocenters. The molecule has 4 rings (SSSR count). The molecule has 5 nitrogen and oxygen atoms in total. The van der Waals surface area contributed by atoms with Crippen molar-refractivity contribution in [2.45, 2.75) is 6.54 Å². The van der Waals surface area contributed by atoms with Gasteiger partial charge in [-0.3, -0.25) is 14.8 Å². The third-order valence-electron chi connectivity index (χ3n) is 3.93. The predicted octanol–water partition coefficient (Wildman–Crippen LogP) is 3.82. The largest absolute Gasteiger partial charge is 0.464 e. The summed E-state index contributed by atoms with van der Waals surface area (Å²) in [6.45, 7) is 0.420. The average Bonchev–Trinajstić information content (AvgIpc) is 3.15. The number of benzene rings is 1. The standard InChI is InChI=1S/C20H15N3O2/c24-20(23-11-14-4-5-15-6-8-25-19(15)9-14)17-10-16(12-21-13-17)18-3-1-2-7-22-18/h1-10,12-13H,11H2,(H,23,24). The van der Waals surface area contributed by atoms with Crippen molar-refractivity contribution in [3.05, 3.63) is 84.5 Å². The number of hydrogen-bond donors (Lipinski definition) is 1. The van der Waals surface area contributed by atoms with Gasteiger partial charge in [0.1, 0.15) is 5.58 Å². The molecule has 122 valence electrons. The highest BCUT2D eigenvalue weighted by Crippen LogP contribution is 2.18. The van der Waals surface area contributed by atoms with Crippen LogP contribution >= 0.6 is 0 Å². The van der Waals surface area contributed by atoms with E-state index in [1.54, 1.807) is 30.9 Å². The summed E-state index contributed by atoms with van der Waals surface area (Å²) in [5.41, 5.74) is 3.88. The van der Waals surface area contributed by atoms with Crippen LogP contribution in [0, 0.1) is 0 Å². The van der Waals surface area contributed by atoms with Crippen LogP contribution in [0.15, 0.2) is 77.8 Å². The molecule has 0 saturated carbocycles. The molecule has 1 aromatic carbocycles. The lowest BCUT2D eigenvalue weighted by atomic mass is 10.1. The zero-order valence-corrected chi connectivity index (χ0v) is 13.3. The molecule has 0 radical (unpaired) electrons. The summed E-state index contributed by atoms with van der Waals surface area (Å²) in [5.74, 6) is -0.176. The van der Waals surface area contributed by atoms with Crippen LogP contribution in [-0.4, -0.2) is 15.9 Å². The van der Waals surface area contributed by atoms with E-state index in [9.17, 15) is 4.79 Å². The van der Waals surface area contributed by atoms with Gasteiger partial charge in [-0.25, -0.2) is 0 Å². The maximum atomic E-state index is 12.4.